The van der Waals surface area contributed by atoms with Crippen LogP contribution >= 0.6 is 23.7 Å². The third-order valence-electron chi connectivity index (χ3n) is 2.74. The highest BCUT2D eigenvalue weighted by Crippen LogP contribution is 2.40. The van der Waals surface area contributed by atoms with Crippen LogP contribution in [0.15, 0.2) is 24.3 Å². The maximum absolute atomic E-state index is 13.3. The van der Waals surface area contributed by atoms with Crippen molar-refractivity contribution in [2.75, 3.05) is 34.4 Å². The molecule has 0 unspecified atom stereocenters. The molecule has 1 atom stereocenters. The van der Waals surface area contributed by atoms with Gasteiger partial charge in [-0.2, -0.15) is 13.2 Å². The first kappa shape index (κ1) is 18.6. The van der Waals surface area contributed by atoms with Crippen LogP contribution in [0.2, 0.25) is 5.02 Å². The molecule has 0 N–H and O–H groups in total. The second kappa shape index (κ2) is 8.24. The number of alkyl halides is 3. The van der Waals surface area contributed by atoms with E-state index in [9.17, 15) is 13.2 Å². The lowest BCUT2D eigenvalue weighted by Crippen LogP contribution is -2.34. The molecule has 0 bridgehead atoms. The van der Waals surface area contributed by atoms with Gasteiger partial charge in [-0.15, -0.1) is 0 Å². The number of likely N-dealkylation sites (N-methyl/N-ethyl adjacent to an activating group) is 1. The molecular formula is C13H18ClF3N2OS. The normalized spacial score (nSPS) is 14.0. The van der Waals surface area contributed by atoms with Crippen LogP contribution in [0.1, 0.15) is 11.6 Å². The van der Waals surface area contributed by atoms with Gasteiger partial charge in [0.25, 0.3) is 0 Å². The number of rotatable bonds is 7. The van der Waals surface area contributed by atoms with Crippen LogP contribution in [-0.4, -0.2) is 49.1 Å². The molecule has 1 aromatic rings. The van der Waals surface area contributed by atoms with Crippen molar-refractivity contribution in [3.8, 4) is 0 Å². The van der Waals surface area contributed by atoms with Crippen LogP contribution in [-0.2, 0) is 4.74 Å². The second-order valence-corrected chi connectivity index (χ2v) is 6.27. The average Bonchev–Trinajstić information content (AvgIpc) is 2.37. The first-order valence-corrected chi connectivity index (χ1v) is 7.29. The Bertz CT molecular complexity index is 430. The molecule has 1 aromatic carbocycles. The highest BCUT2D eigenvalue weighted by atomic mass is 35.5. The average molecular weight is 343 g/mol. The van der Waals surface area contributed by atoms with E-state index >= 15 is 0 Å². The van der Waals surface area contributed by atoms with Gasteiger partial charge in [0.15, 0.2) is 0 Å². The minimum absolute atomic E-state index is 0.155. The van der Waals surface area contributed by atoms with Crippen LogP contribution in [0.5, 0.6) is 0 Å². The minimum Gasteiger partial charge on any atom is -0.383 e. The molecule has 0 spiro atoms. The molecule has 1 rings (SSSR count). The molecular weight excluding hydrogens is 325 g/mol. The number of hydrogen-bond acceptors (Lipinski definition) is 4. The van der Waals surface area contributed by atoms with Gasteiger partial charge in [0, 0.05) is 30.8 Å². The molecule has 8 heteroatoms. The van der Waals surface area contributed by atoms with Gasteiger partial charge in [0.2, 0.25) is 0 Å². The third kappa shape index (κ3) is 6.04. The maximum Gasteiger partial charge on any atom is 0.408 e. The summed E-state index contributed by atoms with van der Waals surface area (Å²) in [6.45, 7) is 0.978. The van der Waals surface area contributed by atoms with Crippen LogP contribution in [0.25, 0.3) is 0 Å². The number of hydrogen-bond donors (Lipinski definition) is 0. The standard InChI is InChI=1S/C13H18ClF3N2OS/c1-18(8-9-20-3)21-19(2)12(13(15,16)17)10-4-6-11(14)7-5-10/h4-7,12H,8-9H2,1-3H3/t12-/m1/s1. The van der Waals surface area contributed by atoms with Gasteiger partial charge in [0.1, 0.15) is 6.04 Å². The summed E-state index contributed by atoms with van der Waals surface area (Å²) in [6.07, 6.45) is -4.38. The van der Waals surface area contributed by atoms with Gasteiger partial charge in [-0.05, 0) is 31.8 Å². The molecule has 0 aromatic heterocycles. The van der Waals surface area contributed by atoms with Gasteiger partial charge in [-0.25, -0.2) is 8.61 Å². The van der Waals surface area contributed by atoms with Gasteiger partial charge >= 0.3 is 6.18 Å². The molecule has 0 aliphatic rings. The van der Waals surface area contributed by atoms with E-state index in [1.165, 1.54) is 35.6 Å². The van der Waals surface area contributed by atoms with Crippen molar-refractivity contribution in [2.45, 2.75) is 12.2 Å². The minimum atomic E-state index is -4.38. The predicted octanol–water partition coefficient (Wildman–Crippen LogP) is 4.02. The van der Waals surface area contributed by atoms with E-state index in [4.69, 9.17) is 16.3 Å². The van der Waals surface area contributed by atoms with Crippen molar-refractivity contribution in [1.29, 1.82) is 0 Å². The summed E-state index contributed by atoms with van der Waals surface area (Å²) in [7, 11) is 4.69. The number of ether oxygens (including phenoxy) is 1. The predicted molar refractivity (Wildman–Crippen MR) is 80.1 cm³/mol. The van der Waals surface area contributed by atoms with E-state index in [1.807, 2.05) is 0 Å². The van der Waals surface area contributed by atoms with Crippen LogP contribution < -0.4 is 0 Å². The molecule has 0 amide bonds. The fraction of sp³-hybridized carbons (Fsp3) is 0.538. The van der Waals surface area contributed by atoms with Gasteiger partial charge in [0.05, 0.1) is 6.61 Å². The first-order chi connectivity index (χ1) is 9.75. The molecule has 0 radical (unpaired) electrons. The third-order valence-corrected chi connectivity index (χ3v) is 3.92. The Labute approximate surface area is 132 Å². The molecule has 0 saturated carbocycles. The van der Waals surface area contributed by atoms with Gasteiger partial charge in [-0.3, -0.25) is 0 Å². The fourth-order valence-corrected chi connectivity index (χ4v) is 2.84. The maximum atomic E-state index is 13.3. The Kier molecular flexibility index (Phi) is 7.29. The summed E-state index contributed by atoms with van der Waals surface area (Å²) in [4.78, 5) is 0. The van der Waals surface area contributed by atoms with Crippen LogP contribution in [0.4, 0.5) is 13.2 Å². The molecule has 0 aliphatic carbocycles. The summed E-state index contributed by atoms with van der Waals surface area (Å²) < 4.78 is 47.8. The van der Waals surface area contributed by atoms with Gasteiger partial charge in [-0.1, -0.05) is 23.7 Å². The van der Waals surface area contributed by atoms with Crippen molar-refractivity contribution < 1.29 is 17.9 Å². The highest BCUT2D eigenvalue weighted by Gasteiger charge is 2.44. The monoisotopic (exact) mass is 342 g/mol. The Balaban J connectivity index is 2.85. The molecule has 0 saturated heterocycles. The van der Waals surface area contributed by atoms with E-state index < -0.39 is 12.2 Å². The first-order valence-electron chi connectivity index (χ1n) is 6.19. The van der Waals surface area contributed by atoms with E-state index in [1.54, 1.807) is 18.5 Å². The molecule has 21 heavy (non-hydrogen) atoms. The summed E-state index contributed by atoms with van der Waals surface area (Å²) in [5.41, 5.74) is 0.155. The summed E-state index contributed by atoms with van der Waals surface area (Å²) in [6, 6.07) is 4.01. The van der Waals surface area contributed by atoms with E-state index in [2.05, 4.69) is 0 Å². The fourth-order valence-electron chi connectivity index (χ4n) is 1.78. The molecule has 0 aliphatic heterocycles. The quantitative estimate of drug-likeness (QED) is 0.695. The van der Waals surface area contributed by atoms with Crippen LogP contribution in [0.3, 0.4) is 0 Å². The second-order valence-electron chi connectivity index (χ2n) is 4.47. The van der Waals surface area contributed by atoms with Crippen molar-refractivity contribution in [3.63, 3.8) is 0 Å². The summed E-state index contributed by atoms with van der Waals surface area (Å²) in [5, 5.41) is 0.409. The van der Waals surface area contributed by atoms with Crippen molar-refractivity contribution in [1.82, 2.24) is 8.61 Å². The topological polar surface area (TPSA) is 15.7 Å². The Morgan fingerprint density at radius 1 is 1.24 bits per heavy atom. The largest absolute Gasteiger partial charge is 0.408 e. The van der Waals surface area contributed by atoms with Crippen molar-refractivity contribution in [3.05, 3.63) is 34.9 Å². The summed E-state index contributed by atoms with van der Waals surface area (Å²) >= 11 is 6.74. The van der Waals surface area contributed by atoms with E-state index in [0.717, 1.165) is 12.1 Å². The number of halogens is 4. The zero-order valence-electron chi connectivity index (χ0n) is 12.0. The van der Waals surface area contributed by atoms with E-state index in [-0.39, 0.29) is 5.56 Å². The molecule has 0 heterocycles. The number of methoxy groups -OCH3 is 1. The highest BCUT2D eigenvalue weighted by molar-refractivity contribution is 7.94. The van der Waals surface area contributed by atoms with E-state index in [0.29, 0.717) is 18.2 Å². The molecule has 120 valence electrons. The number of benzene rings is 1. The molecule has 0 fully saturated rings. The Morgan fingerprint density at radius 3 is 2.29 bits per heavy atom. The summed E-state index contributed by atoms with van der Waals surface area (Å²) in [5.74, 6) is 0. The smallest absolute Gasteiger partial charge is 0.383 e. The molecule has 3 nitrogen and oxygen atoms in total. The lowest BCUT2D eigenvalue weighted by molar-refractivity contribution is -0.170. The van der Waals surface area contributed by atoms with Crippen molar-refractivity contribution >= 4 is 23.7 Å². The SMILES string of the molecule is COCCN(C)SN(C)[C@H](c1ccc(Cl)cc1)C(F)(F)F. The lowest BCUT2D eigenvalue weighted by atomic mass is 10.1. The zero-order valence-corrected chi connectivity index (χ0v) is 13.6. The Morgan fingerprint density at radius 2 is 1.81 bits per heavy atom. The van der Waals surface area contributed by atoms with Crippen molar-refractivity contribution in [2.24, 2.45) is 0 Å². The zero-order chi connectivity index (χ0) is 16.0. The lowest BCUT2D eigenvalue weighted by Gasteiger charge is -2.31. The van der Waals surface area contributed by atoms with Gasteiger partial charge < -0.3 is 4.74 Å². The van der Waals surface area contributed by atoms with Crippen LogP contribution in [0, 0.1) is 0 Å². The Hall–Kier alpha value is -0.470. The number of nitrogens with zero attached hydrogens (tertiary/aromatic N) is 2.